The van der Waals surface area contributed by atoms with E-state index in [1.54, 1.807) is 13.8 Å². The van der Waals surface area contributed by atoms with Crippen LogP contribution in [0.15, 0.2) is 0 Å². The third kappa shape index (κ3) is 2.72. The Morgan fingerprint density at radius 2 is 2.19 bits per heavy atom. The smallest absolute Gasteiger partial charge is 0.341 e. The van der Waals surface area contributed by atoms with Gasteiger partial charge in [-0.2, -0.15) is 0 Å². The SMILES string of the molecule is [2H]CC(C)(C)OC(=O)C(O)(C(O)CO)C1CC1. The number of aliphatic hydroxyl groups excluding tert-OH is 2. The van der Waals surface area contributed by atoms with Gasteiger partial charge in [0.15, 0.2) is 5.60 Å². The van der Waals surface area contributed by atoms with E-state index in [4.69, 9.17) is 11.2 Å². The molecule has 1 aliphatic rings. The van der Waals surface area contributed by atoms with Crippen molar-refractivity contribution in [2.75, 3.05) is 6.61 Å². The Hall–Kier alpha value is -0.650. The molecule has 3 N–H and O–H groups in total. The van der Waals surface area contributed by atoms with Gasteiger partial charge in [0.1, 0.15) is 11.7 Å². The average molecular weight is 233 g/mol. The van der Waals surface area contributed by atoms with Gasteiger partial charge in [0.2, 0.25) is 0 Å². The Bertz CT molecular complexity index is 290. The number of ether oxygens (including phenoxy) is 1. The van der Waals surface area contributed by atoms with E-state index in [2.05, 4.69) is 0 Å². The quantitative estimate of drug-likeness (QED) is 0.586. The first-order valence-corrected chi connectivity index (χ1v) is 5.32. The zero-order valence-corrected chi connectivity index (χ0v) is 9.64. The topological polar surface area (TPSA) is 87.0 Å². The number of hydrogen-bond acceptors (Lipinski definition) is 5. The summed E-state index contributed by atoms with van der Waals surface area (Å²) in [6.45, 7) is 2.26. The maximum atomic E-state index is 11.9. The van der Waals surface area contributed by atoms with Crippen molar-refractivity contribution in [3.05, 3.63) is 0 Å². The van der Waals surface area contributed by atoms with Crippen LogP contribution in [0, 0.1) is 5.92 Å². The Kier molecular flexibility index (Phi) is 3.19. The molecule has 0 spiro atoms. The summed E-state index contributed by atoms with van der Waals surface area (Å²) < 4.78 is 12.2. The zero-order valence-electron chi connectivity index (χ0n) is 10.6. The molecule has 0 bridgehead atoms. The molecular weight excluding hydrogens is 212 g/mol. The van der Waals surface area contributed by atoms with E-state index in [0.29, 0.717) is 12.8 Å². The molecule has 2 unspecified atom stereocenters. The van der Waals surface area contributed by atoms with E-state index >= 15 is 0 Å². The first-order chi connectivity index (χ1) is 7.78. The van der Waals surface area contributed by atoms with Gasteiger partial charge in [-0.05, 0) is 33.6 Å². The maximum Gasteiger partial charge on any atom is 0.341 e. The number of carbonyl (C=O) groups is 1. The molecule has 0 radical (unpaired) electrons. The van der Waals surface area contributed by atoms with Gasteiger partial charge in [0.25, 0.3) is 0 Å². The second-order valence-corrected chi connectivity index (χ2v) is 4.95. The zero-order chi connectivity index (χ0) is 13.3. The molecule has 1 saturated carbocycles. The fourth-order valence-electron chi connectivity index (χ4n) is 1.57. The van der Waals surface area contributed by atoms with Gasteiger partial charge in [-0.1, -0.05) is 0 Å². The largest absolute Gasteiger partial charge is 0.458 e. The van der Waals surface area contributed by atoms with Crippen molar-refractivity contribution < 1.29 is 26.2 Å². The first-order valence-electron chi connectivity index (χ1n) is 6.02. The van der Waals surface area contributed by atoms with Crippen molar-refractivity contribution in [2.45, 2.75) is 50.9 Å². The molecule has 16 heavy (non-hydrogen) atoms. The summed E-state index contributed by atoms with van der Waals surface area (Å²) in [5.41, 5.74) is -3.07. The second-order valence-electron chi connectivity index (χ2n) is 4.95. The number of hydrogen-bond donors (Lipinski definition) is 3. The van der Waals surface area contributed by atoms with Crippen molar-refractivity contribution in [1.82, 2.24) is 0 Å². The summed E-state index contributed by atoms with van der Waals surface area (Å²) in [7, 11) is 0. The van der Waals surface area contributed by atoms with E-state index in [1.165, 1.54) is 0 Å². The standard InChI is InChI=1S/C11H20O5/c1-10(2,3)16-9(14)11(15,7-4-5-7)8(13)6-12/h7-8,12-13,15H,4-6H2,1-3H3/i1D. The molecule has 1 rings (SSSR count). The molecule has 0 aromatic heterocycles. The molecule has 2 atom stereocenters. The molecule has 5 nitrogen and oxygen atoms in total. The molecule has 0 heterocycles. The molecule has 0 amide bonds. The van der Waals surface area contributed by atoms with Gasteiger partial charge in [-0.15, -0.1) is 0 Å². The predicted molar refractivity (Wildman–Crippen MR) is 56.6 cm³/mol. The normalized spacial score (nSPS) is 23.2. The lowest BCUT2D eigenvalue weighted by molar-refractivity contribution is -0.196. The molecule has 0 aliphatic heterocycles. The van der Waals surface area contributed by atoms with Crippen molar-refractivity contribution in [1.29, 1.82) is 0 Å². The van der Waals surface area contributed by atoms with Crippen LogP contribution in [0.2, 0.25) is 0 Å². The van der Waals surface area contributed by atoms with Crippen LogP contribution in [-0.4, -0.2) is 45.2 Å². The van der Waals surface area contributed by atoms with Crippen molar-refractivity contribution in [3.8, 4) is 0 Å². The van der Waals surface area contributed by atoms with Gasteiger partial charge in [-0.3, -0.25) is 0 Å². The van der Waals surface area contributed by atoms with Gasteiger partial charge in [-0.25, -0.2) is 4.79 Å². The summed E-state index contributed by atoms with van der Waals surface area (Å²) >= 11 is 0. The van der Waals surface area contributed by atoms with Gasteiger partial charge >= 0.3 is 5.97 Å². The minimum absolute atomic E-state index is 0.144. The Balaban J connectivity index is 2.81. The summed E-state index contributed by atoms with van der Waals surface area (Å²) in [5.74, 6) is -1.34. The van der Waals surface area contributed by atoms with E-state index in [9.17, 15) is 15.0 Å². The molecule has 0 aromatic rings. The molecule has 1 fully saturated rings. The van der Waals surface area contributed by atoms with E-state index in [1.807, 2.05) is 0 Å². The molecular formula is C11H20O5. The lowest BCUT2D eigenvalue weighted by Crippen LogP contribution is -2.55. The molecule has 0 aromatic carbocycles. The molecule has 94 valence electrons. The minimum Gasteiger partial charge on any atom is -0.458 e. The van der Waals surface area contributed by atoms with Crippen molar-refractivity contribution in [3.63, 3.8) is 0 Å². The van der Waals surface area contributed by atoms with E-state index in [-0.39, 0.29) is 12.8 Å². The van der Waals surface area contributed by atoms with Gasteiger partial charge < -0.3 is 20.1 Å². The summed E-state index contributed by atoms with van der Waals surface area (Å²) in [5, 5.41) is 28.7. The highest BCUT2D eigenvalue weighted by Crippen LogP contribution is 2.42. The molecule has 1 aliphatic carbocycles. The van der Waals surface area contributed by atoms with Gasteiger partial charge in [0.05, 0.1) is 6.61 Å². The number of rotatable bonds is 4. The average Bonchev–Trinajstić information content (AvgIpc) is 3.10. The van der Waals surface area contributed by atoms with E-state index in [0.717, 1.165) is 0 Å². The first kappa shape index (κ1) is 11.8. The third-order valence-electron chi connectivity index (χ3n) is 2.58. The number of esters is 1. The van der Waals surface area contributed by atoms with Crippen molar-refractivity contribution >= 4 is 5.97 Å². The highest BCUT2D eigenvalue weighted by Gasteiger charge is 2.56. The summed E-state index contributed by atoms with van der Waals surface area (Å²) in [4.78, 5) is 11.9. The maximum absolute atomic E-state index is 11.9. The number of aliphatic hydroxyl groups is 3. The lowest BCUT2D eigenvalue weighted by Gasteiger charge is -2.33. The number of carbonyl (C=O) groups excluding carboxylic acids is 1. The van der Waals surface area contributed by atoms with Crippen LogP contribution in [0.3, 0.4) is 0 Å². The Morgan fingerprint density at radius 3 is 2.56 bits per heavy atom. The van der Waals surface area contributed by atoms with Crippen LogP contribution in [0.1, 0.15) is 35.0 Å². The van der Waals surface area contributed by atoms with Crippen LogP contribution in [0.25, 0.3) is 0 Å². The van der Waals surface area contributed by atoms with Crippen LogP contribution in [-0.2, 0) is 9.53 Å². The fourth-order valence-corrected chi connectivity index (χ4v) is 1.57. The Labute approximate surface area is 96.4 Å². The van der Waals surface area contributed by atoms with Crippen LogP contribution in [0.5, 0.6) is 0 Å². The Morgan fingerprint density at radius 1 is 1.62 bits per heavy atom. The third-order valence-corrected chi connectivity index (χ3v) is 2.58. The van der Waals surface area contributed by atoms with Crippen LogP contribution < -0.4 is 0 Å². The molecule has 0 saturated heterocycles. The summed E-state index contributed by atoms with van der Waals surface area (Å²) in [6, 6.07) is 0. The monoisotopic (exact) mass is 233 g/mol. The van der Waals surface area contributed by atoms with Crippen LogP contribution >= 0.6 is 0 Å². The molecule has 5 heteroatoms. The highest BCUT2D eigenvalue weighted by molar-refractivity contribution is 5.81. The fraction of sp³-hybridized carbons (Fsp3) is 0.909. The van der Waals surface area contributed by atoms with E-state index < -0.39 is 29.9 Å². The van der Waals surface area contributed by atoms with Crippen molar-refractivity contribution in [2.24, 2.45) is 5.92 Å². The predicted octanol–water partition coefficient (Wildman–Crippen LogP) is -0.178. The lowest BCUT2D eigenvalue weighted by atomic mass is 9.91. The second kappa shape index (κ2) is 4.31. The minimum atomic E-state index is -2.05. The highest BCUT2D eigenvalue weighted by atomic mass is 16.6. The van der Waals surface area contributed by atoms with Gasteiger partial charge in [0, 0.05) is 7.29 Å². The van der Waals surface area contributed by atoms with Crippen LogP contribution in [0.4, 0.5) is 0 Å². The summed E-state index contributed by atoms with van der Waals surface area (Å²) in [6.07, 6.45) is -0.322.